The standard InChI is InChI=1S/C44H54O8/c1-33(19-21-47-29-43-31-51-43)35-3-7-37(8-4-35)39-11-15-41(16-12-39)49-27-25-45-23-24-46-26-28-50-42-17-13-40(14-18-42)38-9-5-36(6-10-38)34(2)20-22-48-30-44-32-52-44/h3-18,33-34,43-44H,19-32H2,1-2H3. The van der Waals surface area contributed by atoms with E-state index in [-0.39, 0.29) is 0 Å². The predicted octanol–water partition coefficient (Wildman–Crippen LogP) is 8.33. The number of hydrogen-bond acceptors (Lipinski definition) is 8. The van der Waals surface area contributed by atoms with Crippen molar-refractivity contribution >= 4 is 0 Å². The third kappa shape index (κ3) is 13.0. The van der Waals surface area contributed by atoms with Crippen LogP contribution in [0.25, 0.3) is 22.3 Å². The topological polar surface area (TPSA) is 80.4 Å². The van der Waals surface area contributed by atoms with Gasteiger partial charge in [-0.25, -0.2) is 0 Å². The fraction of sp³-hybridized carbons (Fsp3) is 0.455. The van der Waals surface area contributed by atoms with E-state index in [2.05, 4.69) is 86.6 Å². The smallest absolute Gasteiger partial charge is 0.119 e. The van der Waals surface area contributed by atoms with Crippen LogP contribution in [-0.2, 0) is 28.4 Å². The third-order valence-electron chi connectivity index (χ3n) is 9.50. The van der Waals surface area contributed by atoms with Crippen LogP contribution in [0.4, 0.5) is 0 Å². The molecule has 52 heavy (non-hydrogen) atoms. The molecule has 4 aromatic carbocycles. The molecule has 0 saturated carbocycles. The fourth-order valence-electron chi connectivity index (χ4n) is 5.87. The molecule has 0 aliphatic carbocycles. The summed E-state index contributed by atoms with van der Waals surface area (Å²) in [5.41, 5.74) is 7.37. The van der Waals surface area contributed by atoms with Crippen molar-refractivity contribution in [3.05, 3.63) is 108 Å². The first kappa shape index (κ1) is 38.0. The first-order valence-corrected chi connectivity index (χ1v) is 18.8. The number of ether oxygens (including phenoxy) is 8. The van der Waals surface area contributed by atoms with Crippen LogP contribution in [0.3, 0.4) is 0 Å². The highest BCUT2D eigenvalue weighted by Crippen LogP contribution is 2.28. The molecule has 4 aromatic rings. The maximum Gasteiger partial charge on any atom is 0.119 e. The van der Waals surface area contributed by atoms with E-state index in [1.165, 1.54) is 22.3 Å². The first-order valence-electron chi connectivity index (χ1n) is 18.8. The molecule has 2 aliphatic rings. The summed E-state index contributed by atoms with van der Waals surface area (Å²) in [6.07, 6.45) is 2.67. The predicted molar refractivity (Wildman–Crippen MR) is 204 cm³/mol. The van der Waals surface area contributed by atoms with Gasteiger partial charge in [0.25, 0.3) is 0 Å². The zero-order chi connectivity index (χ0) is 35.8. The van der Waals surface area contributed by atoms with Crippen LogP contribution in [-0.4, -0.2) is 91.5 Å². The van der Waals surface area contributed by atoms with Gasteiger partial charge < -0.3 is 37.9 Å². The van der Waals surface area contributed by atoms with E-state index in [9.17, 15) is 0 Å². The summed E-state index contributed by atoms with van der Waals surface area (Å²) in [6, 6.07) is 34.0. The third-order valence-corrected chi connectivity index (χ3v) is 9.50. The summed E-state index contributed by atoms with van der Waals surface area (Å²) in [7, 11) is 0. The number of rotatable bonds is 25. The molecule has 0 spiro atoms. The lowest BCUT2D eigenvalue weighted by molar-refractivity contribution is 0.0273. The Bertz CT molecular complexity index is 1440. The fourth-order valence-corrected chi connectivity index (χ4v) is 5.87. The van der Waals surface area contributed by atoms with E-state index in [4.69, 9.17) is 37.9 Å². The van der Waals surface area contributed by atoms with Crippen LogP contribution in [0, 0.1) is 0 Å². The number of hydrogen-bond donors (Lipinski definition) is 0. The van der Waals surface area contributed by atoms with E-state index in [1.54, 1.807) is 0 Å². The molecule has 0 bridgehead atoms. The van der Waals surface area contributed by atoms with Crippen molar-refractivity contribution in [1.82, 2.24) is 0 Å². The van der Waals surface area contributed by atoms with Gasteiger partial charge in [-0.15, -0.1) is 0 Å². The lowest BCUT2D eigenvalue weighted by atomic mass is 9.95. The lowest BCUT2D eigenvalue weighted by Gasteiger charge is -2.13. The molecule has 2 fully saturated rings. The second-order valence-corrected chi connectivity index (χ2v) is 13.7. The average molecular weight is 711 g/mol. The van der Waals surface area contributed by atoms with Gasteiger partial charge in [0, 0.05) is 13.2 Å². The molecule has 2 heterocycles. The molecule has 0 aromatic heterocycles. The molecule has 0 amide bonds. The van der Waals surface area contributed by atoms with Crippen LogP contribution in [0.2, 0.25) is 0 Å². The van der Waals surface area contributed by atoms with Crippen LogP contribution >= 0.6 is 0 Å². The molecule has 2 aliphatic heterocycles. The zero-order valence-electron chi connectivity index (χ0n) is 30.7. The largest absolute Gasteiger partial charge is 0.491 e. The Morgan fingerprint density at radius 2 is 0.769 bits per heavy atom. The molecule has 8 nitrogen and oxygen atoms in total. The molecular formula is C44H54O8. The minimum absolute atomic E-state index is 0.328. The maximum absolute atomic E-state index is 5.87. The van der Waals surface area contributed by atoms with E-state index < -0.39 is 0 Å². The summed E-state index contributed by atoms with van der Waals surface area (Å²) in [4.78, 5) is 0. The molecule has 8 heteroatoms. The average Bonchev–Trinajstić information content (AvgIpc) is 4.13. The molecule has 2 saturated heterocycles. The van der Waals surface area contributed by atoms with Crippen molar-refractivity contribution in [3.63, 3.8) is 0 Å². The van der Waals surface area contributed by atoms with Gasteiger partial charge in [0.05, 0.1) is 52.9 Å². The van der Waals surface area contributed by atoms with Gasteiger partial charge in [-0.2, -0.15) is 0 Å². The summed E-state index contributed by atoms with van der Waals surface area (Å²) in [5.74, 6) is 2.57. The monoisotopic (exact) mass is 710 g/mol. The van der Waals surface area contributed by atoms with Crippen LogP contribution in [0.15, 0.2) is 97.1 Å². The van der Waals surface area contributed by atoms with E-state index in [0.717, 1.165) is 61.9 Å². The Balaban J connectivity index is 0.776. The Labute approximate surface area is 309 Å². The van der Waals surface area contributed by atoms with Crippen molar-refractivity contribution in [3.8, 4) is 33.8 Å². The second-order valence-electron chi connectivity index (χ2n) is 13.7. The Morgan fingerprint density at radius 1 is 0.442 bits per heavy atom. The maximum atomic E-state index is 5.87. The minimum atomic E-state index is 0.328. The molecule has 0 radical (unpaired) electrons. The van der Waals surface area contributed by atoms with Crippen molar-refractivity contribution < 1.29 is 37.9 Å². The van der Waals surface area contributed by atoms with Gasteiger partial charge in [0.15, 0.2) is 0 Å². The van der Waals surface area contributed by atoms with E-state index in [1.807, 2.05) is 24.3 Å². The molecule has 0 N–H and O–H groups in total. The molecular weight excluding hydrogens is 656 g/mol. The number of benzene rings is 4. The minimum Gasteiger partial charge on any atom is -0.491 e. The molecule has 278 valence electrons. The van der Waals surface area contributed by atoms with Gasteiger partial charge in [-0.05, 0) is 82.3 Å². The van der Waals surface area contributed by atoms with Crippen molar-refractivity contribution in [1.29, 1.82) is 0 Å². The molecule has 4 atom stereocenters. The summed E-state index contributed by atoms with van der Waals surface area (Å²) < 4.78 is 44.9. The normalized spacial score (nSPS) is 17.4. The Morgan fingerprint density at radius 3 is 1.12 bits per heavy atom. The molecule has 6 rings (SSSR count). The molecule has 4 unspecified atom stereocenters. The van der Waals surface area contributed by atoms with Crippen LogP contribution in [0.5, 0.6) is 11.5 Å². The van der Waals surface area contributed by atoms with Crippen LogP contribution in [0.1, 0.15) is 49.7 Å². The highest BCUT2D eigenvalue weighted by Gasteiger charge is 2.23. The van der Waals surface area contributed by atoms with E-state index >= 15 is 0 Å². The van der Waals surface area contributed by atoms with Gasteiger partial charge in [-0.3, -0.25) is 0 Å². The van der Waals surface area contributed by atoms with Crippen molar-refractivity contribution in [2.24, 2.45) is 0 Å². The van der Waals surface area contributed by atoms with Crippen molar-refractivity contribution in [2.75, 3.05) is 79.3 Å². The van der Waals surface area contributed by atoms with Crippen molar-refractivity contribution in [2.45, 2.75) is 50.7 Å². The summed E-state index contributed by atoms with van der Waals surface area (Å²) in [6.45, 7) is 12.1. The highest BCUT2D eigenvalue weighted by molar-refractivity contribution is 5.65. The number of epoxide rings is 2. The van der Waals surface area contributed by atoms with Gasteiger partial charge in [-0.1, -0.05) is 86.6 Å². The Kier molecular flexibility index (Phi) is 15.0. The second kappa shape index (κ2) is 20.5. The summed E-state index contributed by atoms with van der Waals surface area (Å²) >= 11 is 0. The highest BCUT2D eigenvalue weighted by atomic mass is 16.6. The van der Waals surface area contributed by atoms with Gasteiger partial charge in [0.1, 0.15) is 36.9 Å². The zero-order valence-corrected chi connectivity index (χ0v) is 30.7. The lowest BCUT2D eigenvalue weighted by Crippen LogP contribution is -2.13. The quantitative estimate of drug-likeness (QED) is 0.0502. The van der Waals surface area contributed by atoms with Crippen LogP contribution < -0.4 is 9.47 Å². The van der Waals surface area contributed by atoms with Gasteiger partial charge in [0.2, 0.25) is 0 Å². The van der Waals surface area contributed by atoms with E-state index in [0.29, 0.717) is 76.9 Å². The Hall–Kier alpha value is -3.76. The SMILES string of the molecule is CC(CCOCC1CO1)c1ccc(-c2ccc(OCCOCCOCCOc3ccc(-c4ccc(C(C)CCOCC5CO5)cc4)cc3)cc2)cc1. The first-order chi connectivity index (χ1) is 25.6. The van der Waals surface area contributed by atoms with Gasteiger partial charge >= 0.3 is 0 Å². The summed E-state index contributed by atoms with van der Waals surface area (Å²) in [5, 5.41) is 0.